The Morgan fingerprint density at radius 2 is 1.51 bits per heavy atom. The van der Waals surface area contributed by atoms with Crippen molar-refractivity contribution in [3.05, 3.63) is 98.7 Å². The van der Waals surface area contributed by atoms with Gasteiger partial charge in [-0.2, -0.15) is 49.6 Å². The fraction of sp³-hybridized carbons (Fsp3) is 0.528. The number of phosphoric ester groups is 1. The number of esters is 1. The molecule has 0 radical (unpaired) electrons. The van der Waals surface area contributed by atoms with Crippen LogP contribution in [0.25, 0.3) is 22.0 Å². The fourth-order valence-electron chi connectivity index (χ4n) is 9.16. The summed E-state index contributed by atoms with van der Waals surface area (Å²) < 4.78 is 235. The van der Waals surface area contributed by atoms with E-state index in [-0.39, 0.29) is 43.9 Å². The molecule has 2 aliphatic carbocycles. The van der Waals surface area contributed by atoms with Gasteiger partial charge in [0.1, 0.15) is 40.9 Å². The van der Waals surface area contributed by atoms with Gasteiger partial charge >= 0.3 is 26.1 Å². The lowest BCUT2D eigenvalue weighted by atomic mass is 9.93. The van der Waals surface area contributed by atoms with Crippen LogP contribution in [-0.4, -0.2) is 99.3 Å². The van der Waals surface area contributed by atoms with Gasteiger partial charge in [0, 0.05) is 40.3 Å². The number of nitrogens with one attached hydrogen (secondary N) is 1. The van der Waals surface area contributed by atoms with E-state index in [0.717, 1.165) is 30.5 Å². The number of carbonyl (C=O) groups is 2. The van der Waals surface area contributed by atoms with E-state index in [2.05, 4.69) is 32.3 Å². The number of hydrogen-bond donors (Lipinski definition) is 2. The van der Waals surface area contributed by atoms with Crippen molar-refractivity contribution in [2.75, 3.05) is 19.6 Å². The molecule has 1 fully saturated rings. The standard InChI is InChI=1S/C53H59ClF10N7O11PS2/c1-47(2,3)81-83(74,82-48(4,5)6)80-26-49(7,8)46(73)79-27-69(84(75)76)23-38-41-36(54)15-14-33(43(41)71(67-38)25-51(57,58)59)32-13-12-31(16-17-50(9,10)85(11,77)78)65-42(32)37(20-28-18-29(55)21-30(56)19-28)66-39(72)24-70-45-40(44(68-70)53(62,63)64)34-22-35(34)52(45,60)61/h12-15,18-19,21,34-35,37,84H,20,22-27H2,1-11H3,(H,66,72)/t34-,35+,37?/m0/s1. The molecule has 1 unspecified atom stereocenters. The van der Waals surface area contributed by atoms with E-state index in [4.69, 9.17) is 29.9 Å². The summed E-state index contributed by atoms with van der Waals surface area (Å²) in [5, 5.41) is 9.31. The number of phosphoric acid groups is 1. The molecule has 0 aliphatic heterocycles. The third-order valence-electron chi connectivity index (χ3n) is 13.2. The summed E-state index contributed by atoms with van der Waals surface area (Å²) in [6.07, 6.45) is -10.4. The summed E-state index contributed by atoms with van der Waals surface area (Å²) >= 11 is 6.75. The van der Waals surface area contributed by atoms with Crippen molar-refractivity contribution in [3.63, 3.8) is 0 Å². The Morgan fingerprint density at radius 1 is 0.906 bits per heavy atom. The van der Waals surface area contributed by atoms with E-state index in [0.29, 0.717) is 15.1 Å². The molecular weight excluding hydrogens is 1230 g/mol. The highest BCUT2D eigenvalue weighted by atomic mass is 35.5. The zero-order valence-electron chi connectivity index (χ0n) is 47.4. The van der Waals surface area contributed by atoms with Crippen LogP contribution < -0.4 is 5.32 Å². The van der Waals surface area contributed by atoms with Crippen LogP contribution in [-0.2, 0) is 91.3 Å². The zero-order valence-corrected chi connectivity index (χ0v) is 50.7. The number of benzene rings is 2. The Kier molecular flexibility index (Phi) is 18.4. The Bertz CT molecular complexity index is 3720. The lowest BCUT2D eigenvalue weighted by Crippen LogP contribution is -2.36. The van der Waals surface area contributed by atoms with E-state index in [1.165, 1.54) is 39.8 Å². The molecule has 1 saturated carbocycles. The van der Waals surface area contributed by atoms with E-state index in [1.807, 2.05) is 0 Å². The van der Waals surface area contributed by atoms with Crippen molar-refractivity contribution in [2.24, 2.45) is 11.3 Å². The van der Waals surface area contributed by atoms with Gasteiger partial charge in [0.2, 0.25) is 16.8 Å². The van der Waals surface area contributed by atoms with Crippen LogP contribution in [0, 0.1) is 34.8 Å². The zero-order chi connectivity index (χ0) is 63.7. The minimum Gasteiger partial charge on any atom is -0.448 e. The van der Waals surface area contributed by atoms with Crippen molar-refractivity contribution < 1.29 is 93.2 Å². The first kappa shape index (κ1) is 66.8. The molecule has 2 aliphatic rings. The summed E-state index contributed by atoms with van der Waals surface area (Å²) in [6.45, 7) is 8.63. The van der Waals surface area contributed by atoms with Crippen molar-refractivity contribution in [3.8, 4) is 23.0 Å². The number of alkyl halides is 8. The number of fused-ring (bicyclic) bond motifs is 4. The molecule has 0 bridgehead atoms. The number of nitrogens with zero attached hydrogens (tertiary/aromatic N) is 6. The molecule has 32 heteroatoms. The number of sulfone groups is 1. The van der Waals surface area contributed by atoms with E-state index in [1.54, 1.807) is 41.5 Å². The lowest BCUT2D eigenvalue weighted by Gasteiger charge is -2.32. The highest BCUT2D eigenvalue weighted by Crippen LogP contribution is 2.68. The number of aromatic nitrogens is 5. The van der Waals surface area contributed by atoms with Crippen LogP contribution in [0.5, 0.6) is 0 Å². The first-order chi connectivity index (χ1) is 38.7. The Morgan fingerprint density at radius 3 is 2.06 bits per heavy atom. The molecule has 1 amide bonds. The average molecular weight is 1290 g/mol. The first-order valence-corrected chi connectivity index (χ1v) is 30.6. The van der Waals surface area contributed by atoms with Gasteiger partial charge in [-0.25, -0.2) is 35.2 Å². The fourth-order valence-corrected chi connectivity index (χ4v) is 12.0. The quantitative estimate of drug-likeness (QED) is 0.0185. The third-order valence-corrected chi connectivity index (χ3v) is 18.2. The average Bonchev–Trinajstić information content (AvgIpc) is 1.53. The van der Waals surface area contributed by atoms with Crippen molar-refractivity contribution in [1.29, 1.82) is 0 Å². The summed E-state index contributed by atoms with van der Waals surface area (Å²) in [5.74, 6) is -6.16. The molecule has 3 aromatic heterocycles. The van der Waals surface area contributed by atoms with Crippen LogP contribution in [0.4, 0.5) is 43.9 Å². The highest BCUT2D eigenvalue weighted by Gasteiger charge is 2.68. The Hall–Kier alpha value is -5.67. The Labute approximate surface area is 488 Å². The minimum atomic E-state index is -5.23. The molecule has 466 valence electrons. The van der Waals surface area contributed by atoms with Gasteiger partial charge in [0.15, 0.2) is 22.3 Å². The van der Waals surface area contributed by atoms with Crippen LogP contribution >= 0.6 is 19.4 Å². The molecule has 1 N–H and O–H groups in total. The SMILES string of the molecule is CC(C)(C)OP(=O)(OCC(C)(C)C(=O)OCN(Cc1nn(CC(F)(F)F)c2c(-c3ccc(C#CC(C)(C)S(C)(=O)=O)nc3C(Cc3cc(F)cc(F)c3)NC(=O)Cn3nc(C(F)(F)F)c4c3C(F)(F)[C@@H]3C[C@H]43)ccc(Cl)c12)[SH](=O)=O)OC(C)(C)C. The van der Waals surface area contributed by atoms with Gasteiger partial charge in [-0.15, -0.1) is 0 Å². The number of ether oxygens (including phenoxy) is 1. The predicted octanol–water partition coefficient (Wildman–Crippen LogP) is 10.9. The topological polar surface area (TPSA) is 220 Å². The van der Waals surface area contributed by atoms with Crippen molar-refractivity contribution >= 4 is 62.9 Å². The molecule has 2 aromatic carbocycles. The van der Waals surface area contributed by atoms with E-state index >= 15 is 8.78 Å². The summed E-state index contributed by atoms with van der Waals surface area (Å²) in [6, 6.07) is 5.02. The van der Waals surface area contributed by atoms with Gasteiger partial charge in [-0.05, 0) is 130 Å². The largest absolute Gasteiger partial charge is 0.475 e. The van der Waals surface area contributed by atoms with Crippen LogP contribution in [0.15, 0.2) is 42.5 Å². The van der Waals surface area contributed by atoms with E-state index < -0.39 is 183 Å². The molecule has 85 heavy (non-hydrogen) atoms. The van der Waals surface area contributed by atoms with Crippen molar-refractivity contribution in [1.82, 2.24) is 34.2 Å². The number of pyridine rings is 1. The number of thiol groups is 1. The monoisotopic (exact) mass is 1290 g/mol. The lowest BCUT2D eigenvalue weighted by molar-refractivity contribution is -0.159. The summed E-state index contributed by atoms with van der Waals surface area (Å²) in [5.41, 5.74) is -9.87. The maximum absolute atomic E-state index is 15.7. The number of hydrogen-bond acceptors (Lipinski definition) is 14. The second-order valence-corrected chi connectivity index (χ2v) is 29.1. The molecule has 3 atom stereocenters. The molecule has 0 spiro atoms. The molecular formula is C53H59ClF10N7O11PS2. The molecule has 0 saturated heterocycles. The van der Waals surface area contributed by atoms with Crippen LogP contribution in [0.1, 0.15) is 127 Å². The highest BCUT2D eigenvalue weighted by molar-refractivity contribution is 7.92. The van der Waals surface area contributed by atoms with Crippen LogP contribution in [0.3, 0.4) is 0 Å². The van der Waals surface area contributed by atoms with Gasteiger partial charge in [-0.3, -0.25) is 32.5 Å². The number of halogens is 11. The summed E-state index contributed by atoms with van der Waals surface area (Å²) in [4.78, 5) is 32.5. The minimum absolute atomic E-state index is 0.199. The van der Waals surface area contributed by atoms with E-state index in [9.17, 15) is 66.1 Å². The van der Waals surface area contributed by atoms with Gasteiger partial charge in [0.25, 0.3) is 5.92 Å². The van der Waals surface area contributed by atoms with Crippen LogP contribution in [0.2, 0.25) is 5.02 Å². The maximum Gasteiger partial charge on any atom is 0.475 e. The number of rotatable bonds is 20. The van der Waals surface area contributed by atoms with Crippen molar-refractivity contribution in [2.45, 2.75) is 148 Å². The smallest absolute Gasteiger partial charge is 0.448 e. The third kappa shape index (κ3) is 15.7. The predicted molar refractivity (Wildman–Crippen MR) is 289 cm³/mol. The first-order valence-electron chi connectivity index (χ1n) is 25.7. The molecule has 3 heterocycles. The normalized spacial score (nSPS) is 17.0. The number of amides is 1. The molecule has 5 aromatic rings. The second-order valence-electron chi connectivity index (χ2n) is 23.6. The molecule has 18 nitrogen and oxygen atoms in total. The van der Waals surface area contributed by atoms with Gasteiger partial charge in [0.05, 0.1) is 57.7 Å². The molecule has 7 rings (SSSR count). The number of carbonyl (C=O) groups excluding carboxylic acids is 2. The van der Waals surface area contributed by atoms with Gasteiger partial charge < -0.3 is 10.1 Å². The Balaban J connectivity index is 1.34. The summed E-state index contributed by atoms with van der Waals surface area (Å²) in [7, 11) is -12.1. The maximum atomic E-state index is 15.7. The second kappa shape index (κ2) is 23.5. The van der Waals surface area contributed by atoms with Gasteiger partial charge in [-0.1, -0.05) is 23.6 Å².